The van der Waals surface area contributed by atoms with Crippen molar-refractivity contribution >= 4 is 24.4 Å². The molecule has 0 aromatic carbocycles. The number of hydrogen-bond acceptors (Lipinski definition) is 7. The van der Waals surface area contributed by atoms with E-state index in [1.807, 2.05) is 13.8 Å². The molecule has 2 atom stereocenters. The van der Waals surface area contributed by atoms with E-state index in [9.17, 15) is 19.2 Å². The van der Waals surface area contributed by atoms with E-state index in [2.05, 4.69) is 21.0 Å². The van der Waals surface area contributed by atoms with Crippen LogP contribution in [-0.2, 0) is 23.9 Å². The molecule has 0 aliphatic heterocycles. The van der Waals surface area contributed by atoms with Gasteiger partial charge >= 0.3 is 12.2 Å². The van der Waals surface area contributed by atoms with Crippen LogP contribution in [0.1, 0.15) is 81.1 Å². The SMILES string of the molecule is CCC[C@@H](C=O)NC(=O)OC(C)(C)C.CCC[C@H](NC(=O)OC(C)(C)C)C(=O)NOC. The maximum Gasteiger partial charge on any atom is 0.408 e. The van der Waals surface area contributed by atoms with Gasteiger partial charge < -0.3 is 24.9 Å². The van der Waals surface area contributed by atoms with Crippen LogP contribution in [0.3, 0.4) is 0 Å². The molecular weight excluding hydrogens is 406 g/mol. The van der Waals surface area contributed by atoms with Crippen LogP contribution in [-0.4, -0.2) is 54.8 Å². The molecule has 10 heteroatoms. The smallest absolute Gasteiger partial charge is 0.408 e. The number of hydrogen-bond donors (Lipinski definition) is 3. The number of carbonyl (C=O) groups is 4. The molecule has 0 unspecified atom stereocenters. The van der Waals surface area contributed by atoms with Crippen LogP contribution < -0.4 is 16.1 Å². The summed E-state index contributed by atoms with van der Waals surface area (Å²) in [4.78, 5) is 49.3. The average molecular weight is 448 g/mol. The number of alkyl carbamates (subject to hydrolysis) is 2. The van der Waals surface area contributed by atoms with Crippen LogP contribution >= 0.6 is 0 Å². The summed E-state index contributed by atoms with van der Waals surface area (Å²) < 4.78 is 10.1. The first-order valence-electron chi connectivity index (χ1n) is 10.5. The molecule has 0 fully saturated rings. The Balaban J connectivity index is 0. The molecule has 31 heavy (non-hydrogen) atoms. The van der Waals surface area contributed by atoms with Gasteiger partial charge in [-0.25, -0.2) is 15.1 Å². The molecule has 10 nitrogen and oxygen atoms in total. The van der Waals surface area contributed by atoms with Crippen molar-refractivity contribution in [2.24, 2.45) is 0 Å². The molecule has 0 aliphatic rings. The van der Waals surface area contributed by atoms with Gasteiger partial charge in [-0.1, -0.05) is 26.7 Å². The predicted molar refractivity (Wildman–Crippen MR) is 117 cm³/mol. The number of ether oxygens (including phenoxy) is 2. The lowest BCUT2D eigenvalue weighted by Crippen LogP contribution is -2.47. The Morgan fingerprint density at radius 2 is 1.29 bits per heavy atom. The fraction of sp³-hybridized carbons (Fsp3) is 0.810. The lowest BCUT2D eigenvalue weighted by Gasteiger charge is -2.22. The molecule has 0 radical (unpaired) electrons. The standard InChI is InChI=1S/C11H22N2O4.C10H19NO3/c1-6-7-8(9(14)13-16-5)12-10(15)17-11(2,3)4;1-5-6-8(7-12)11-9(13)14-10(2,3)4/h8H,6-7H2,1-5H3,(H,12,15)(H,13,14);7-8H,5-6H2,1-4H3,(H,11,13)/t2*8-/m00/s1. The van der Waals surface area contributed by atoms with Crippen LogP contribution in [0.15, 0.2) is 0 Å². The van der Waals surface area contributed by atoms with Gasteiger partial charge in [-0.2, -0.15) is 0 Å². The first-order chi connectivity index (χ1) is 14.2. The third kappa shape index (κ3) is 19.4. The van der Waals surface area contributed by atoms with Crippen molar-refractivity contribution in [3.8, 4) is 0 Å². The van der Waals surface area contributed by atoms with Gasteiger partial charge in [0.25, 0.3) is 5.91 Å². The second-order valence-corrected chi connectivity index (χ2v) is 8.84. The fourth-order valence-corrected chi connectivity index (χ4v) is 2.12. The van der Waals surface area contributed by atoms with Crippen molar-refractivity contribution in [3.05, 3.63) is 0 Å². The third-order valence-corrected chi connectivity index (χ3v) is 3.25. The van der Waals surface area contributed by atoms with E-state index in [-0.39, 0.29) is 5.91 Å². The molecule has 0 aromatic rings. The minimum Gasteiger partial charge on any atom is -0.444 e. The summed E-state index contributed by atoms with van der Waals surface area (Å²) in [5.74, 6) is -0.389. The number of rotatable bonds is 9. The maximum absolute atomic E-state index is 11.5. The summed E-state index contributed by atoms with van der Waals surface area (Å²) >= 11 is 0. The summed E-state index contributed by atoms with van der Waals surface area (Å²) in [5.41, 5.74) is 1.08. The molecule has 0 aliphatic carbocycles. The zero-order valence-corrected chi connectivity index (χ0v) is 20.4. The van der Waals surface area contributed by atoms with Crippen molar-refractivity contribution in [3.63, 3.8) is 0 Å². The second-order valence-electron chi connectivity index (χ2n) is 8.84. The largest absolute Gasteiger partial charge is 0.444 e. The Kier molecular flexibility index (Phi) is 15.4. The normalized spacial score (nSPS) is 12.9. The average Bonchev–Trinajstić information content (AvgIpc) is 2.58. The van der Waals surface area contributed by atoms with Crippen molar-refractivity contribution < 1.29 is 33.5 Å². The molecular formula is C21H41N3O7. The van der Waals surface area contributed by atoms with Gasteiger partial charge in [-0.05, 0) is 54.4 Å². The lowest BCUT2D eigenvalue weighted by molar-refractivity contribution is -0.133. The monoisotopic (exact) mass is 447 g/mol. The van der Waals surface area contributed by atoms with Crippen molar-refractivity contribution in [2.75, 3.05) is 7.11 Å². The topological polar surface area (TPSA) is 132 Å². The minimum absolute atomic E-state index is 0.389. The molecule has 182 valence electrons. The number of amides is 3. The zero-order valence-electron chi connectivity index (χ0n) is 20.4. The minimum atomic E-state index is -0.644. The molecule has 0 heterocycles. The number of carbonyl (C=O) groups excluding carboxylic acids is 4. The summed E-state index contributed by atoms with van der Waals surface area (Å²) in [5, 5.41) is 5.00. The van der Waals surface area contributed by atoms with Gasteiger partial charge in [0.15, 0.2) is 0 Å². The van der Waals surface area contributed by atoms with Crippen LogP contribution in [0, 0.1) is 0 Å². The Hall–Kier alpha value is -2.36. The molecule has 3 N–H and O–H groups in total. The lowest BCUT2D eigenvalue weighted by atomic mass is 10.1. The predicted octanol–water partition coefficient (Wildman–Crippen LogP) is 3.24. The van der Waals surface area contributed by atoms with Gasteiger partial charge in [-0.3, -0.25) is 9.63 Å². The molecule has 0 spiro atoms. The van der Waals surface area contributed by atoms with E-state index in [1.165, 1.54) is 7.11 Å². The van der Waals surface area contributed by atoms with Crippen LogP contribution in [0.2, 0.25) is 0 Å². The van der Waals surface area contributed by atoms with Crippen molar-refractivity contribution in [1.82, 2.24) is 16.1 Å². The highest BCUT2D eigenvalue weighted by atomic mass is 16.6. The highest BCUT2D eigenvalue weighted by Gasteiger charge is 2.23. The number of hydroxylamine groups is 1. The van der Waals surface area contributed by atoms with E-state index in [0.29, 0.717) is 12.8 Å². The van der Waals surface area contributed by atoms with Gasteiger partial charge in [-0.15, -0.1) is 0 Å². The van der Waals surface area contributed by atoms with E-state index in [0.717, 1.165) is 19.1 Å². The zero-order chi connectivity index (χ0) is 24.7. The summed E-state index contributed by atoms with van der Waals surface area (Å²) in [6.45, 7) is 14.5. The van der Waals surface area contributed by atoms with Crippen LogP contribution in [0.4, 0.5) is 9.59 Å². The van der Waals surface area contributed by atoms with E-state index in [4.69, 9.17) is 9.47 Å². The summed E-state index contributed by atoms with van der Waals surface area (Å²) in [6.07, 6.45) is 2.35. The third-order valence-electron chi connectivity index (χ3n) is 3.25. The van der Waals surface area contributed by atoms with Crippen molar-refractivity contribution in [1.29, 1.82) is 0 Å². The summed E-state index contributed by atoms with van der Waals surface area (Å²) in [6, 6.07) is -1.08. The van der Waals surface area contributed by atoms with Gasteiger partial charge in [0, 0.05) is 0 Å². The molecule has 0 saturated carbocycles. The highest BCUT2D eigenvalue weighted by molar-refractivity contribution is 5.84. The van der Waals surface area contributed by atoms with Gasteiger partial charge in [0.1, 0.15) is 23.5 Å². The van der Waals surface area contributed by atoms with Crippen LogP contribution in [0.25, 0.3) is 0 Å². The van der Waals surface area contributed by atoms with Crippen molar-refractivity contribution in [2.45, 2.75) is 104 Å². The van der Waals surface area contributed by atoms with E-state index < -0.39 is 35.5 Å². The molecule has 3 amide bonds. The molecule has 0 saturated heterocycles. The number of nitrogens with one attached hydrogen (secondary N) is 3. The first-order valence-corrected chi connectivity index (χ1v) is 10.5. The Labute approximate surface area is 186 Å². The number of aldehydes is 1. The van der Waals surface area contributed by atoms with Gasteiger partial charge in [0.05, 0.1) is 13.2 Å². The Morgan fingerprint density at radius 1 is 0.839 bits per heavy atom. The second kappa shape index (κ2) is 15.4. The van der Waals surface area contributed by atoms with E-state index in [1.54, 1.807) is 41.5 Å². The van der Waals surface area contributed by atoms with Crippen LogP contribution in [0.5, 0.6) is 0 Å². The quantitative estimate of drug-likeness (QED) is 0.365. The molecule has 0 rings (SSSR count). The maximum atomic E-state index is 11.5. The Morgan fingerprint density at radius 3 is 1.65 bits per heavy atom. The fourth-order valence-electron chi connectivity index (χ4n) is 2.12. The van der Waals surface area contributed by atoms with Gasteiger partial charge in [0.2, 0.25) is 0 Å². The summed E-state index contributed by atoms with van der Waals surface area (Å²) in [7, 11) is 1.34. The Bertz CT molecular complexity index is 554. The van der Waals surface area contributed by atoms with E-state index >= 15 is 0 Å². The first kappa shape index (κ1) is 30.8. The molecule has 0 bridgehead atoms. The highest BCUT2D eigenvalue weighted by Crippen LogP contribution is 2.08. The molecule has 0 aromatic heterocycles.